The lowest BCUT2D eigenvalue weighted by molar-refractivity contribution is -0.129. The molecule has 0 radical (unpaired) electrons. The van der Waals surface area contributed by atoms with Gasteiger partial charge in [-0.25, -0.2) is 9.69 Å². The summed E-state index contributed by atoms with van der Waals surface area (Å²) in [6.07, 6.45) is 2.98. The van der Waals surface area contributed by atoms with Crippen LogP contribution in [0.1, 0.15) is 30.4 Å². The molecule has 136 valence electrons. The molecule has 0 spiro atoms. The van der Waals surface area contributed by atoms with E-state index in [9.17, 15) is 9.59 Å². The highest BCUT2D eigenvalue weighted by Gasteiger charge is 2.37. The normalized spacial score (nSPS) is 16.6. The fourth-order valence-corrected chi connectivity index (χ4v) is 3.31. The van der Waals surface area contributed by atoms with Gasteiger partial charge in [-0.15, -0.1) is 0 Å². The maximum Gasteiger partial charge on any atom is 0.416 e. The lowest BCUT2D eigenvalue weighted by Gasteiger charge is -2.19. The van der Waals surface area contributed by atoms with Gasteiger partial charge in [0.1, 0.15) is 6.61 Å². The fourth-order valence-electron chi connectivity index (χ4n) is 3.18. The molecule has 2 aromatic rings. The van der Waals surface area contributed by atoms with Crippen LogP contribution in [-0.4, -0.2) is 29.5 Å². The summed E-state index contributed by atoms with van der Waals surface area (Å²) >= 11 is 5.88. The molecule has 1 heterocycles. The van der Waals surface area contributed by atoms with Crippen molar-refractivity contribution in [3.63, 3.8) is 0 Å². The van der Waals surface area contributed by atoms with Crippen LogP contribution in [0.25, 0.3) is 0 Å². The van der Waals surface area contributed by atoms with E-state index in [1.165, 1.54) is 10.5 Å². The lowest BCUT2D eigenvalue weighted by Crippen LogP contribution is -2.40. The molecule has 1 saturated heterocycles. The molecule has 2 aromatic carbocycles. The summed E-state index contributed by atoms with van der Waals surface area (Å²) in [5.74, 6) is -0.149. The zero-order valence-electron chi connectivity index (χ0n) is 14.6. The molecule has 1 aliphatic rings. The van der Waals surface area contributed by atoms with Crippen molar-refractivity contribution in [3.8, 4) is 0 Å². The highest BCUT2D eigenvalue weighted by molar-refractivity contribution is 6.30. The Bertz CT molecular complexity index is 746. The zero-order valence-corrected chi connectivity index (χ0v) is 15.3. The number of halogens is 1. The van der Waals surface area contributed by atoms with Crippen molar-refractivity contribution in [2.45, 2.75) is 38.1 Å². The van der Waals surface area contributed by atoms with E-state index in [2.05, 4.69) is 0 Å². The van der Waals surface area contributed by atoms with Crippen molar-refractivity contribution >= 4 is 23.6 Å². The van der Waals surface area contributed by atoms with Gasteiger partial charge in [0.15, 0.2) is 0 Å². The van der Waals surface area contributed by atoms with Crippen molar-refractivity contribution < 1.29 is 14.3 Å². The summed E-state index contributed by atoms with van der Waals surface area (Å²) in [6.45, 7) is 0.268. The minimum absolute atomic E-state index is 0.149. The van der Waals surface area contributed by atoms with E-state index in [-0.39, 0.29) is 18.6 Å². The van der Waals surface area contributed by atoms with Gasteiger partial charge in [0.05, 0.1) is 6.04 Å². The molecular formula is C21H22ClNO3. The van der Waals surface area contributed by atoms with E-state index in [1.54, 1.807) is 0 Å². The van der Waals surface area contributed by atoms with Crippen molar-refractivity contribution in [2.75, 3.05) is 6.61 Å². The highest BCUT2D eigenvalue weighted by Crippen LogP contribution is 2.19. The molecule has 4 nitrogen and oxygen atoms in total. The van der Waals surface area contributed by atoms with Crippen LogP contribution in [0.5, 0.6) is 0 Å². The minimum Gasteiger partial charge on any atom is -0.447 e. The summed E-state index contributed by atoms with van der Waals surface area (Å²) in [6, 6.07) is 17.4. The topological polar surface area (TPSA) is 46.6 Å². The third-order valence-electron chi connectivity index (χ3n) is 4.56. The van der Waals surface area contributed by atoms with Crippen molar-refractivity contribution in [1.29, 1.82) is 0 Å². The van der Waals surface area contributed by atoms with E-state index in [1.807, 2.05) is 54.6 Å². The number of carbonyl (C=O) groups is 2. The van der Waals surface area contributed by atoms with Gasteiger partial charge in [0.25, 0.3) is 0 Å². The molecule has 0 unspecified atom stereocenters. The van der Waals surface area contributed by atoms with Crippen LogP contribution in [0.2, 0.25) is 5.02 Å². The summed E-state index contributed by atoms with van der Waals surface area (Å²) in [7, 11) is 0. The van der Waals surface area contributed by atoms with Gasteiger partial charge in [0.2, 0.25) is 5.91 Å². The number of amides is 2. The number of cyclic esters (lactones) is 1. The standard InChI is InChI=1S/C21H22ClNO3/c22-18-12-10-16(11-13-18)6-4-5-9-20(24)23-19(15-26-21(23)25)14-17-7-2-1-3-8-17/h1-3,7-8,10-13,19H,4-6,9,14-15H2/t19-/m0/s1. The quantitative estimate of drug-likeness (QED) is 0.666. The molecule has 2 amide bonds. The maximum atomic E-state index is 12.5. The van der Waals surface area contributed by atoms with Crippen LogP contribution in [0.15, 0.2) is 54.6 Å². The molecule has 1 fully saturated rings. The summed E-state index contributed by atoms with van der Waals surface area (Å²) in [4.78, 5) is 25.8. The van der Waals surface area contributed by atoms with Crippen LogP contribution in [0, 0.1) is 0 Å². The van der Waals surface area contributed by atoms with E-state index in [4.69, 9.17) is 16.3 Å². The van der Waals surface area contributed by atoms with E-state index in [0.717, 1.165) is 29.8 Å². The Morgan fingerprint density at radius 3 is 2.50 bits per heavy atom. The molecule has 0 N–H and O–H groups in total. The number of ether oxygens (including phenoxy) is 1. The average Bonchev–Trinajstić information content (AvgIpc) is 3.01. The molecule has 3 rings (SSSR count). The third-order valence-corrected chi connectivity index (χ3v) is 4.82. The van der Waals surface area contributed by atoms with E-state index in [0.29, 0.717) is 12.8 Å². The molecule has 0 aliphatic carbocycles. The first-order valence-electron chi connectivity index (χ1n) is 8.90. The van der Waals surface area contributed by atoms with Gasteiger partial charge in [-0.1, -0.05) is 54.1 Å². The number of rotatable bonds is 7. The third kappa shape index (κ3) is 4.85. The van der Waals surface area contributed by atoms with Crippen LogP contribution in [0.4, 0.5) is 4.79 Å². The van der Waals surface area contributed by atoms with Gasteiger partial charge >= 0.3 is 6.09 Å². The molecule has 5 heteroatoms. The van der Waals surface area contributed by atoms with E-state index >= 15 is 0 Å². The second-order valence-electron chi connectivity index (χ2n) is 6.52. The lowest BCUT2D eigenvalue weighted by atomic mass is 10.0. The number of nitrogens with zero attached hydrogens (tertiary/aromatic N) is 1. The van der Waals surface area contributed by atoms with Gasteiger partial charge in [0, 0.05) is 11.4 Å². The smallest absolute Gasteiger partial charge is 0.416 e. The number of unbranched alkanes of at least 4 members (excludes halogenated alkanes) is 1. The Balaban J connectivity index is 1.48. The number of hydrogen-bond donors (Lipinski definition) is 0. The first-order chi connectivity index (χ1) is 12.6. The van der Waals surface area contributed by atoms with Crippen LogP contribution >= 0.6 is 11.6 Å². The first kappa shape index (κ1) is 18.5. The number of aryl methyl sites for hydroxylation is 1. The average molecular weight is 372 g/mol. The molecule has 1 atom stereocenters. The Labute approximate surface area is 158 Å². The monoisotopic (exact) mass is 371 g/mol. The Kier molecular flexibility index (Phi) is 6.29. The van der Waals surface area contributed by atoms with Crippen molar-refractivity contribution in [2.24, 2.45) is 0 Å². The molecule has 1 aliphatic heterocycles. The highest BCUT2D eigenvalue weighted by atomic mass is 35.5. The minimum atomic E-state index is -0.520. The Morgan fingerprint density at radius 2 is 1.77 bits per heavy atom. The molecule has 0 aromatic heterocycles. The zero-order chi connectivity index (χ0) is 18.4. The number of carbonyl (C=O) groups excluding carboxylic acids is 2. The Morgan fingerprint density at radius 1 is 1.04 bits per heavy atom. The molecule has 26 heavy (non-hydrogen) atoms. The second kappa shape index (κ2) is 8.86. The van der Waals surface area contributed by atoms with Crippen LogP contribution < -0.4 is 0 Å². The maximum absolute atomic E-state index is 12.5. The number of benzene rings is 2. The number of imide groups is 1. The van der Waals surface area contributed by atoms with E-state index < -0.39 is 6.09 Å². The largest absolute Gasteiger partial charge is 0.447 e. The van der Waals surface area contributed by atoms with Gasteiger partial charge < -0.3 is 4.74 Å². The molecular weight excluding hydrogens is 350 g/mol. The van der Waals surface area contributed by atoms with Crippen molar-refractivity contribution in [3.05, 3.63) is 70.7 Å². The predicted molar refractivity (Wildman–Crippen MR) is 101 cm³/mol. The van der Waals surface area contributed by atoms with Crippen LogP contribution in [-0.2, 0) is 22.4 Å². The summed E-state index contributed by atoms with van der Waals surface area (Å²) < 4.78 is 5.11. The SMILES string of the molecule is O=C(CCCCc1ccc(Cl)cc1)N1C(=O)OC[C@@H]1Cc1ccccc1. The van der Waals surface area contributed by atoms with Gasteiger partial charge in [-0.2, -0.15) is 0 Å². The van der Waals surface area contributed by atoms with Crippen LogP contribution in [0.3, 0.4) is 0 Å². The number of hydrogen-bond acceptors (Lipinski definition) is 3. The van der Waals surface area contributed by atoms with Crippen molar-refractivity contribution in [1.82, 2.24) is 4.90 Å². The Hall–Kier alpha value is -2.33. The summed E-state index contributed by atoms with van der Waals surface area (Å²) in [5, 5.41) is 0.723. The van der Waals surface area contributed by atoms with Gasteiger partial charge in [-0.3, -0.25) is 4.79 Å². The second-order valence-corrected chi connectivity index (χ2v) is 6.95. The predicted octanol–water partition coefficient (Wildman–Crippen LogP) is 4.64. The molecule has 0 bridgehead atoms. The fraction of sp³-hybridized carbons (Fsp3) is 0.333. The molecule has 0 saturated carbocycles. The first-order valence-corrected chi connectivity index (χ1v) is 9.28. The van der Waals surface area contributed by atoms with Gasteiger partial charge in [-0.05, 0) is 48.9 Å². The summed E-state index contributed by atoms with van der Waals surface area (Å²) in [5.41, 5.74) is 2.29.